The average Bonchev–Trinajstić information content (AvgIpc) is 3.47. The molecule has 1 spiro atoms. The quantitative estimate of drug-likeness (QED) is 0.335. The predicted molar refractivity (Wildman–Crippen MR) is 133 cm³/mol. The van der Waals surface area contributed by atoms with Gasteiger partial charge in [-0.25, -0.2) is 8.78 Å². The highest BCUT2D eigenvalue weighted by atomic mass is 19.1. The number of terminal acetylenes is 1. The van der Waals surface area contributed by atoms with Crippen LogP contribution in [0.1, 0.15) is 90.9 Å². The molecule has 1 nitrogen and oxygen atoms in total. The van der Waals surface area contributed by atoms with Gasteiger partial charge in [0.05, 0.1) is 0 Å². The van der Waals surface area contributed by atoms with E-state index in [1.165, 1.54) is 51.4 Å². The first-order chi connectivity index (χ1) is 16.4. The average molecular weight is 465 g/mol. The van der Waals surface area contributed by atoms with Crippen molar-refractivity contribution in [2.24, 2.45) is 29.6 Å². The minimum atomic E-state index is -1.43. The molecule has 1 aliphatic heterocycles. The van der Waals surface area contributed by atoms with E-state index in [9.17, 15) is 0 Å². The van der Waals surface area contributed by atoms with E-state index >= 15 is 8.78 Å². The highest BCUT2D eigenvalue weighted by molar-refractivity contribution is 5.43. The summed E-state index contributed by atoms with van der Waals surface area (Å²) < 4.78 is 36.5. The van der Waals surface area contributed by atoms with E-state index in [4.69, 9.17) is 11.2 Å². The van der Waals surface area contributed by atoms with Gasteiger partial charge in [0.25, 0.3) is 0 Å². The standard InChI is InChI=1S/C31H38F2O/c1-4-6-7-8-9-10-20-30(3)31(34-30)28(32)21-27(22-29(31)33)26-18-16-25(17-19-26)24-14-12-23(11-5-2)13-15-24/h1,23-29H,5,11-19,21-22H2,2-3H3. The van der Waals surface area contributed by atoms with Crippen LogP contribution in [0.4, 0.5) is 8.78 Å². The fourth-order valence-electron chi connectivity index (χ4n) is 7.44. The Morgan fingerprint density at radius 1 is 0.765 bits per heavy atom. The van der Waals surface area contributed by atoms with Crippen molar-refractivity contribution in [3.63, 3.8) is 0 Å². The minimum Gasteiger partial charge on any atom is -0.343 e. The van der Waals surface area contributed by atoms with Gasteiger partial charge in [-0.05, 0) is 123 Å². The first kappa shape index (κ1) is 25.2. The van der Waals surface area contributed by atoms with E-state index in [1.807, 2.05) is 0 Å². The molecular formula is C31H38F2O. The lowest BCUT2D eigenvalue weighted by Crippen LogP contribution is -2.49. The Balaban J connectivity index is 1.28. The van der Waals surface area contributed by atoms with E-state index in [0.717, 1.165) is 30.6 Å². The van der Waals surface area contributed by atoms with Crippen molar-refractivity contribution >= 4 is 0 Å². The molecule has 3 aliphatic carbocycles. The summed E-state index contributed by atoms with van der Waals surface area (Å²) in [5.74, 6) is 20.8. The van der Waals surface area contributed by atoms with Gasteiger partial charge in [-0.15, -0.1) is 6.42 Å². The smallest absolute Gasteiger partial charge is 0.172 e. The van der Waals surface area contributed by atoms with E-state index in [1.54, 1.807) is 6.92 Å². The Hall–Kier alpha value is -1.94. The molecule has 3 heteroatoms. The fourth-order valence-corrected chi connectivity index (χ4v) is 7.44. The molecule has 0 aromatic heterocycles. The van der Waals surface area contributed by atoms with Gasteiger partial charge in [0, 0.05) is 0 Å². The first-order valence-electron chi connectivity index (χ1n) is 13.4. The lowest BCUT2D eigenvalue weighted by Gasteiger charge is -2.42. The normalized spacial score (nSPS) is 43.2. The van der Waals surface area contributed by atoms with E-state index < -0.39 is 23.5 Å². The second-order valence-corrected chi connectivity index (χ2v) is 11.2. The number of hydrogen-bond acceptors (Lipinski definition) is 1. The number of hydrogen-bond donors (Lipinski definition) is 0. The maximum absolute atomic E-state index is 15.4. The van der Waals surface area contributed by atoms with Crippen LogP contribution in [0, 0.1) is 77.5 Å². The van der Waals surface area contributed by atoms with Gasteiger partial charge in [0.1, 0.15) is 12.3 Å². The summed E-state index contributed by atoms with van der Waals surface area (Å²) in [6, 6.07) is 0. The van der Waals surface area contributed by atoms with E-state index in [2.05, 4.69) is 48.4 Å². The lowest BCUT2D eigenvalue weighted by molar-refractivity contribution is -0.0105. The summed E-state index contributed by atoms with van der Waals surface area (Å²) in [6.07, 6.45) is 16.2. The first-order valence-corrected chi connectivity index (χ1v) is 13.4. The topological polar surface area (TPSA) is 12.5 Å². The van der Waals surface area contributed by atoms with Crippen molar-refractivity contribution in [2.75, 3.05) is 0 Å². The highest BCUT2D eigenvalue weighted by Gasteiger charge is 2.77. The van der Waals surface area contributed by atoms with Gasteiger partial charge in [0.15, 0.2) is 11.2 Å². The van der Waals surface area contributed by atoms with Crippen LogP contribution >= 0.6 is 0 Å². The van der Waals surface area contributed by atoms with Crippen LogP contribution in [-0.4, -0.2) is 23.5 Å². The number of epoxide rings is 1. The summed E-state index contributed by atoms with van der Waals surface area (Å²) in [7, 11) is 0. The minimum absolute atomic E-state index is 0.108. The van der Waals surface area contributed by atoms with Crippen LogP contribution in [0.2, 0.25) is 0 Å². The monoisotopic (exact) mass is 464 g/mol. The molecule has 0 radical (unpaired) electrons. The molecule has 0 N–H and O–H groups in total. The Morgan fingerprint density at radius 3 is 1.82 bits per heavy atom. The predicted octanol–water partition coefficient (Wildman–Crippen LogP) is 6.66. The van der Waals surface area contributed by atoms with Crippen molar-refractivity contribution < 1.29 is 13.5 Å². The second kappa shape index (κ2) is 10.8. The third-order valence-corrected chi connectivity index (χ3v) is 9.39. The van der Waals surface area contributed by atoms with Gasteiger partial charge in [-0.3, -0.25) is 0 Å². The van der Waals surface area contributed by atoms with Crippen molar-refractivity contribution in [3.05, 3.63) is 0 Å². The molecule has 0 amide bonds. The molecule has 4 rings (SSSR count). The number of rotatable bonds is 4. The molecule has 3 unspecified atom stereocenters. The lowest BCUT2D eigenvalue weighted by atomic mass is 9.63. The molecule has 3 saturated carbocycles. The van der Waals surface area contributed by atoms with E-state index in [0.29, 0.717) is 18.8 Å². The molecule has 0 aromatic carbocycles. The van der Waals surface area contributed by atoms with Crippen LogP contribution < -0.4 is 0 Å². The SMILES string of the molecule is C#CC#CC#CC#CC1(C)OC12C(F)CC(C1CCC(C3CCC(CCC)CC3)CC1)CC2F. The molecule has 1 saturated heterocycles. The number of alkyl halides is 2. The third-order valence-electron chi connectivity index (χ3n) is 9.39. The molecule has 182 valence electrons. The Bertz CT molecular complexity index is 931. The van der Waals surface area contributed by atoms with Crippen LogP contribution in [0.25, 0.3) is 0 Å². The number of ether oxygens (including phenoxy) is 1. The molecule has 4 fully saturated rings. The van der Waals surface area contributed by atoms with E-state index in [-0.39, 0.29) is 5.92 Å². The van der Waals surface area contributed by atoms with Crippen molar-refractivity contribution in [1.82, 2.24) is 0 Å². The largest absolute Gasteiger partial charge is 0.343 e. The fraction of sp³-hybridized carbons (Fsp3) is 0.742. The van der Waals surface area contributed by atoms with Crippen LogP contribution in [0.5, 0.6) is 0 Å². The Morgan fingerprint density at radius 2 is 1.26 bits per heavy atom. The van der Waals surface area contributed by atoms with Crippen LogP contribution in [0.3, 0.4) is 0 Å². The second-order valence-electron chi connectivity index (χ2n) is 11.2. The van der Waals surface area contributed by atoms with Crippen LogP contribution in [0.15, 0.2) is 0 Å². The van der Waals surface area contributed by atoms with Gasteiger partial charge in [-0.1, -0.05) is 38.5 Å². The van der Waals surface area contributed by atoms with Gasteiger partial charge < -0.3 is 4.74 Å². The van der Waals surface area contributed by atoms with Gasteiger partial charge in [-0.2, -0.15) is 0 Å². The molecule has 1 heterocycles. The van der Waals surface area contributed by atoms with Crippen molar-refractivity contribution in [1.29, 1.82) is 0 Å². The maximum atomic E-state index is 15.4. The molecule has 3 atom stereocenters. The highest BCUT2D eigenvalue weighted by Crippen LogP contribution is 2.60. The summed E-state index contributed by atoms with van der Waals surface area (Å²) in [5, 5.41) is 0. The summed E-state index contributed by atoms with van der Waals surface area (Å²) >= 11 is 0. The zero-order chi connectivity index (χ0) is 24.2. The summed E-state index contributed by atoms with van der Waals surface area (Å²) in [5.41, 5.74) is -2.56. The Kier molecular flexibility index (Phi) is 7.97. The zero-order valence-electron chi connectivity index (χ0n) is 20.8. The molecular weight excluding hydrogens is 426 g/mol. The maximum Gasteiger partial charge on any atom is 0.172 e. The molecule has 0 bridgehead atoms. The van der Waals surface area contributed by atoms with Gasteiger partial charge >= 0.3 is 0 Å². The molecule has 34 heavy (non-hydrogen) atoms. The zero-order valence-corrected chi connectivity index (χ0v) is 20.8. The number of halogens is 2. The molecule has 4 aliphatic rings. The molecule has 0 aromatic rings. The van der Waals surface area contributed by atoms with Gasteiger partial charge in [0.2, 0.25) is 0 Å². The third kappa shape index (κ3) is 5.03. The van der Waals surface area contributed by atoms with Crippen molar-refractivity contribution in [3.8, 4) is 47.9 Å². The van der Waals surface area contributed by atoms with Crippen LogP contribution in [-0.2, 0) is 4.74 Å². The summed E-state index contributed by atoms with van der Waals surface area (Å²) in [6.45, 7) is 3.97. The van der Waals surface area contributed by atoms with Crippen molar-refractivity contribution in [2.45, 2.75) is 114 Å². The Labute approximate surface area is 205 Å². The summed E-state index contributed by atoms with van der Waals surface area (Å²) in [4.78, 5) is 0.